The molecule has 1 nitrogen and oxygen atoms in total. The topological polar surface area (TPSA) is 3.24 Å². The summed E-state index contributed by atoms with van der Waals surface area (Å²) in [6.07, 6.45) is 2.38. The van der Waals surface area contributed by atoms with Gasteiger partial charge in [0.15, 0.2) is 0 Å². The van der Waals surface area contributed by atoms with Crippen LogP contribution in [0.2, 0.25) is 10.0 Å². The van der Waals surface area contributed by atoms with Crippen molar-refractivity contribution in [3.05, 3.63) is 75.8 Å². The molecule has 112 valence electrons. The smallest absolute Gasteiger partial charge is 0.0406 e. The van der Waals surface area contributed by atoms with Crippen molar-refractivity contribution >= 4 is 28.8 Å². The third-order valence-electron chi connectivity index (χ3n) is 4.84. The first-order valence-electron chi connectivity index (χ1n) is 7.64. The zero-order chi connectivity index (χ0) is 15.1. The molecule has 2 aromatic rings. The average Bonchev–Trinajstić information content (AvgIpc) is 2.87. The van der Waals surface area contributed by atoms with Crippen LogP contribution in [0.15, 0.2) is 54.6 Å². The van der Waals surface area contributed by atoms with Crippen LogP contribution in [0.25, 0.3) is 5.57 Å². The van der Waals surface area contributed by atoms with Crippen LogP contribution in [0, 0.1) is 5.92 Å². The second kappa shape index (κ2) is 5.73. The van der Waals surface area contributed by atoms with Crippen LogP contribution in [0.5, 0.6) is 0 Å². The highest BCUT2D eigenvalue weighted by Gasteiger charge is 2.38. The molecule has 2 bridgehead atoms. The zero-order valence-corrected chi connectivity index (χ0v) is 13.7. The second-order valence-electron chi connectivity index (χ2n) is 6.15. The normalized spacial score (nSPS) is 26.8. The van der Waals surface area contributed by atoms with Crippen molar-refractivity contribution in [1.29, 1.82) is 0 Å². The van der Waals surface area contributed by atoms with E-state index in [4.69, 9.17) is 23.2 Å². The van der Waals surface area contributed by atoms with Crippen LogP contribution >= 0.6 is 23.2 Å². The van der Waals surface area contributed by atoms with E-state index in [1.54, 1.807) is 0 Å². The van der Waals surface area contributed by atoms with E-state index >= 15 is 0 Å². The van der Waals surface area contributed by atoms with Gasteiger partial charge in [-0.2, -0.15) is 0 Å². The Morgan fingerprint density at radius 2 is 1.36 bits per heavy atom. The third-order valence-corrected chi connectivity index (χ3v) is 5.34. The van der Waals surface area contributed by atoms with Crippen molar-refractivity contribution < 1.29 is 0 Å². The summed E-state index contributed by atoms with van der Waals surface area (Å²) >= 11 is 12.1. The van der Waals surface area contributed by atoms with Crippen molar-refractivity contribution in [3.8, 4) is 0 Å². The summed E-state index contributed by atoms with van der Waals surface area (Å²) < 4.78 is 0. The zero-order valence-electron chi connectivity index (χ0n) is 12.2. The lowest BCUT2D eigenvalue weighted by Crippen LogP contribution is -2.24. The van der Waals surface area contributed by atoms with Gasteiger partial charge in [-0.15, -0.1) is 0 Å². The summed E-state index contributed by atoms with van der Waals surface area (Å²) in [4.78, 5) is 2.53. The Kier molecular flexibility index (Phi) is 3.73. The fraction of sp³-hybridized carbons (Fsp3) is 0.263. The van der Waals surface area contributed by atoms with Crippen LogP contribution < -0.4 is 0 Å². The molecule has 2 aliphatic rings. The van der Waals surface area contributed by atoms with Gasteiger partial charge in [-0.1, -0.05) is 53.5 Å². The van der Waals surface area contributed by atoms with E-state index in [9.17, 15) is 0 Å². The molecule has 2 aliphatic heterocycles. The summed E-state index contributed by atoms with van der Waals surface area (Å²) in [5.74, 6) is 1.10. The maximum absolute atomic E-state index is 6.03. The van der Waals surface area contributed by atoms with Crippen LogP contribution in [-0.4, -0.2) is 24.5 Å². The van der Waals surface area contributed by atoms with Crippen LogP contribution in [0.3, 0.4) is 0 Å². The summed E-state index contributed by atoms with van der Waals surface area (Å²) in [5.41, 5.74) is 4.15. The molecule has 1 fully saturated rings. The second-order valence-corrected chi connectivity index (χ2v) is 7.02. The predicted octanol–water partition coefficient (Wildman–Crippen LogP) is 5.11. The van der Waals surface area contributed by atoms with E-state index in [1.807, 2.05) is 24.3 Å². The Bertz CT molecular complexity index is 703. The van der Waals surface area contributed by atoms with Crippen LogP contribution in [0.1, 0.15) is 17.0 Å². The first kappa shape index (κ1) is 14.3. The number of fused-ring (bicyclic) bond motifs is 2. The van der Waals surface area contributed by atoms with Gasteiger partial charge in [-0.25, -0.2) is 0 Å². The van der Waals surface area contributed by atoms with Crippen molar-refractivity contribution in [2.24, 2.45) is 5.92 Å². The first-order valence-corrected chi connectivity index (χ1v) is 8.40. The summed E-state index contributed by atoms with van der Waals surface area (Å²) in [7, 11) is 0. The van der Waals surface area contributed by atoms with E-state index in [2.05, 4.69) is 35.2 Å². The summed E-state index contributed by atoms with van der Waals surface area (Å²) in [5, 5.41) is 1.60. The molecule has 0 spiro atoms. The third kappa shape index (κ3) is 2.58. The molecule has 0 N–H and O–H groups in total. The molecular formula is C19H17Cl2N. The molecule has 0 saturated carbocycles. The van der Waals surface area contributed by atoms with E-state index in [1.165, 1.54) is 16.7 Å². The lowest BCUT2D eigenvalue weighted by Gasteiger charge is -2.25. The van der Waals surface area contributed by atoms with E-state index < -0.39 is 0 Å². The molecule has 2 heterocycles. The van der Waals surface area contributed by atoms with Crippen molar-refractivity contribution in [2.45, 2.75) is 5.92 Å². The van der Waals surface area contributed by atoms with Gasteiger partial charge in [0.05, 0.1) is 0 Å². The first-order chi connectivity index (χ1) is 10.7. The molecule has 1 saturated heterocycles. The number of nitrogens with zero attached hydrogens (tertiary/aromatic N) is 1. The average molecular weight is 330 g/mol. The lowest BCUT2D eigenvalue weighted by atomic mass is 9.80. The number of hydrogen-bond donors (Lipinski definition) is 0. The van der Waals surface area contributed by atoms with E-state index in [0.717, 1.165) is 29.7 Å². The molecule has 0 aromatic heterocycles. The van der Waals surface area contributed by atoms with Gasteiger partial charge < -0.3 is 0 Å². The number of hydrogen-bond acceptors (Lipinski definition) is 1. The van der Waals surface area contributed by atoms with Gasteiger partial charge in [0.1, 0.15) is 0 Å². The Morgan fingerprint density at radius 3 is 2.05 bits per heavy atom. The van der Waals surface area contributed by atoms with Gasteiger partial charge in [-0.3, -0.25) is 4.90 Å². The van der Waals surface area contributed by atoms with E-state index in [0.29, 0.717) is 11.8 Å². The highest BCUT2D eigenvalue weighted by Crippen LogP contribution is 2.43. The fourth-order valence-corrected chi connectivity index (χ4v) is 4.00. The summed E-state index contributed by atoms with van der Waals surface area (Å²) in [6, 6.07) is 16.6. The van der Waals surface area contributed by atoms with Gasteiger partial charge in [0.25, 0.3) is 0 Å². The highest BCUT2D eigenvalue weighted by atomic mass is 35.5. The number of halogens is 2. The van der Waals surface area contributed by atoms with Gasteiger partial charge in [0.2, 0.25) is 0 Å². The monoisotopic (exact) mass is 329 g/mol. The van der Waals surface area contributed by atoms with E-state index in [-0.39, 0.29) is 0 Å². The minimum atomic E-state index is 0.543. The minimum Gasteiger partial charge on any atom is -0.298 e. The molecule has 2 aromatic carbocycles. The predicted molar refractivity (Wildman–Crippen MR) is 93.6 cm³/mol. The maximum Gasteiger partial charge on any atom is 0.0406 e. The Balaban J connectivity index is 1.68. The van der Waals surface area contributed by atoms with Crippen LogP contribution in [0.4, 0.5) is 0 Å². The molecule has 0 aliphatic carbocycles. The largest absolute Gasteiger partial charge is 0.298 e. The summed E-state index contributed by atoms with van der Waals surface area (Å²) in [6.45, 7) is 3.31. The quantitative estimate of drug-likeness (QED) is 0.740. The molecule has 22 heavy (non-hydrogen) atoms. The molecule has 3 atom stereocenters. The number of benzene rings is 2. The molecule has 0 amide bonds. The van der Waals surface area contributed by atoms with Crippen molar-refractivity contribution in [1.82, 2.24) is 4.90 Å². The highest BCUT2D eigenvalue weighted by molar-refractivity contribution is 6.30. The molecule has 3 heteroatoms. The standard InChI is InChI=1S/C19H17Cl2N/c20-15-5-1-13(2-6-15)17-9-10-22-11-18(19(17)12-22)14-3-7-16(21)8-4-14/h1-9,18-19H,10-12H2/t18-,19+/m0/s1. The van der Waals surface area contributed by atoms with Crippen molar-refractivity contribution in [3.63, 3.8) is 0 Å². The van der Waals surface area contributed by atoms with Crippen molar-refractivity contribution in [2.75, 3.05) is 19.6 Å². The molecule has 4 rings (SSSR count). The Labute approximate surface area is 141 Å². The minimum absolute atomic E-state index is 0.543. The molecule has 1 unspecified atom stereocenters. The van der Waals surface area contributed by atoms with Gasteiger partial charge >= 0.3 is 0 Å². The Hall–Kier alpha value is -1.28. The number of rotatable bonds is 2. The lowest BCUT2D eigenvalue weighted by molar-refractivity contribution is 0.360. The molecule has 0 radical (unpaired) electrons. The molecular weight excluding hydrogens is 313 g/mol. The van der Waals surface area contributed by atoms with Gasteiger partial charge in [-0.05, 0) is 41.0 Å². The maximum atomic E-state index is 6.03. The van der Waals surface area contributed by atoms with Gasteiger partial charge in [0, 0.05) is 41.5 Å². The Morgan fingerprint density at radius 1 is 0.773 bits per heavy atom. The SMILES string of the molecule is Clc1ccc(C2=CCN3C[C@H]2[C@H](c2ccc(Cl)cc2)C3)cc1. The fourth-order valence-electron chi connectivity index (χ4n) is 3.75. The van der Waals surface area contributed by atoms with Crippen LogP contribution in [-0.2, 0) is 0 Å².